The highest BCUT2D eigenvalue weighted by Crippen LogP contribution is 2.29. The van der Waals surface area contributed by atoms with Crippen LogP contribution in [0.15, 0.2) is 84.4 Å². The molecule has 0 spiro atoms. The summed E-state index contributed by atoms with van der Waals surface area (Å²) in [7, 11) is 3.36. The van der Waals surface area contributed by atoms with Gasteiger partial charge in [0.25, 0.3) is 0 Å². The van der Waals surface area contributed by atoms with Gasteiger partial charge in [-0.05, 0) is 89.6 Å². The minimum Gasteiger partial charge on any atom is -0.351 e. The van der Waals surface area contributed by atoms with Gasteiger partial charge >= 0.3 is 0 Å². The molecule has 4 rings (SSSR count). The predicted molar refractivity (Wildman–Crippen MR) is 200 cm³/mol. The van der Waals surface area contributed by atoms with Crippen molar-refractivity contribution in [3.05, 3.63) is 95.6 Å². The Morgan fingerprint density at radius 3 is 2.04 bits per heavy atom. The van der Waals surface area contributed by atoms with Crippen LogP contribution in [0, 0.1) is 0 Å². The zero-order chi connectivity index (χ0) is 36.1. The van der Waals surface area contributed by atoms with Crippen molar-refractivity contribution in [2.45, 2.75) is 115 Å². The van der Waals surface area contributed by atoms with Crippen LogP contribution in [-0.4, -0.2) is 76.4 Å². The molecule has 3 aromatic carbocycles. The third-order valence-electron chi connectivity index (χ3n) is 9.37. The molecule has 0 bridgehead atoms. The molecule has 0 radical (unpaired) electrons. The molecule has 8 heteroatoms. The van der Waals surface area contributed by atoms with Crippen LogP contribution in [0.2, 0.25) is 0 Å². The maximum absolute atomic E-state index is 14.7. The van der Waals surface area contributed by atoms with E-state index in [2.05, 4.69) is 50.5 Å². The topological polar surface area (TPSA) is 108 Å². The lowest BCUT2D eigenvalue weighted by Gasteiger charge is -2.47. The van der Waals surface area contributed by atoms with Crippen molar-refractivity contribution in [2.24, 2.45) is 5.73 Å². The van der Waals surface area contributed by atoms with Gasteiger partial charge in [-0.25, -0.2) is 0 Å². The van der Waals surface area contributed by atoms with Crippen molar-refractivity contribution in [2.75, 3.05) is 14.1 Å². The Labute approximate surface area is 293 Å². The van der Waals surface area contributed by atoms with E-state index >= 15 is 0 Å². The summed E-state index contributed by atoms with van der Waals surface area (Å²) in [6, 6.07) is 22.3. The van der Waals surface area contributed by atoms with Crippen LogP contribution in [0.3, 0.4) is 0 Å². The summed E-state index contributed by atoms with van der Waals surface area (Å²) in [5, 5.41) is 9.16. The average molecular weight is 668 g/mol. The first-order chi connectivity index (χ1) is 22.8. The standard InChI is InChI=1S/C41H57N5O3/c1-28(25-39(2,3)42)21-36(47)45(8)35(24-30-19-20-31-17-13-14-18-32(31)22-30)38(49)46(9)34(23-29-15-11-10-12-16-29)37(48)43-33-26-40(4,5)44-41(6,7)27-33/h10-22,33-35,44H,23-27,42H2,1-9H3,(H,43,48)/b28-21+. The van der Waals surface area contributed by atoms with Crippen molar-refractivity contribution in [3.8, 4) is 0 Å². The molecule has 2 unspecified atom stereocenters. The van der Waals surface area contributed by atoms with Crippen molar-refractivity contribution in [1.82, 2.24) is 20.4 Å². The van der Waals surface area contributed by atoms with E-state index in [9.17, 15) is 14.4 Å². The maximum Gasteiger partial charge on any atom is 0.246 e. The number of carbonyl (C=O) groups is 3. The number of rotatable bonds is 12. The molecule has 0 saturated carbocycles. The highest BCUT2D eigenvalue weighted by molar-refractivity contribution is 5.95. The first-order valence-corrected chi connectivity index (χ1v) is 17.4. The Morgan fingerprint density at radius 2 is 1.43 bits per heavy atom. The number of piperidine rings is 1. The van der Waals surface area contributed by atoms with Crippen LogP contribution in [-0.2, 0) is 27.2 Å². The van der Waals surface area contributed by atoms with Gasteiger partial charge in [-0.15, -0.1) is 0 Å². The fourth-order valence-corrected chi connectivity index (χ4v) is 7.57. The summed E-state index contributed by atoms with van der Waals surface area (Å²) in [6.45, 7) is 14.3. The number of amides is 3. The van der Waals surface area contributed by atoms with Crippen LogP contribution in [0.4, 0.5) is 0 Å². The zero-order valence-electron chi connectivity index (χ0n) is 31.0. The molecule has 49 heavy (non-hydrogen) atoms. The Morgan fingerprint density at radius 1 is 0.857 bits per heavy atom. The number of likely N-dealkylation sites (N-methyl/N-ethyl adjacent to an activating group) is 2. The van der Waals surface area contributed by atoms with E-state index < -0.39 is 17.6 Å². The van der Waals surface area contributed by atoms with Crippen molar-refractivity contribution in [3.63, 3.8) is 0 Å². The van der Waals surface area contributed by atoms with Gasteiger partial charge in [-0.2, -0.15) is 0 Å². The normalized spacial score (nSPS) is 17.6. The van der Waals surface area contributed by atoms with Crippen molar-refractivity contribution in [1.29, 1.82) is 0 Å². The molecular weight excluding hydrogens is 610 g/mol. The lowest BCUT2D eigenvalue weighted by atomic mass is 9.79. The van der Waals surface area contributed by atoms with E-state index in [0.29, 0.717) is 19.3 Å². The minimum absolute atomic E-state index is 0.0573. The number of nitrogens with one attached hydrogen (secondary N) is 2. The second kappa shape index (κ2) is 15.3. The lowest BCUT2D eigenvalue weighted by molar-refractivity contribution is -0.146. The van der Waals surface area contributed by atoms with E-state index in [1.165, 1.54) is 4.90 Å². The summed E-state index contributed by atoms with van der Waals surface area (Å²) < 4.78 is 0. The molecule has 0 aromatic heterocycles. The van der Waals surface area contributed by atoms with Gasteiger partial charge in [0, 0.05) is 55.7 Å². The molecule has 1 aliphatic heterocycles. The van der Waals surface area contributed by atoms with Gasteiger partial charge in [-0.1, -0.05) is 78.4 Å². The summed E-state index contributed by atoms with van der Waals surface area (Å²) in [5.41, 5.74) is 8.16. The molecular formula is C41H57N5O3. The number of benzene rings is 3. The van der Waals surface area contributed by atoms with Crippen LogP contribution >= 0.6 is 0 Å². The molecule has 8 nitrogen and oxygen atoms in total. The van der Waals surface area contributed by atoms with Crippen LogP contribution in [0.5, 0.6) is 0 Å². The predicted octanol–water partition coefficient (Wildman–Crippen LogP) is 5.78. The first kappa shape index (κ1) is 37.8. The zero-order valence-corrected chi connectivity index (χ0v) is 31.0. The fourth-order valence-electron chi connectivity index (χ4n) is 7.57. The monoisotopic (exact) mass is 667 g/mol. The van der Waals surface area contributed by atoms with Gasteiger partial charge in [0.15, 0.2) is 0 Å². The molecule has 3 amide bonds. The highest BCUT2D eigenvalue weighted by atomic mass is 16.2. The minimum atomic E-state index is -0.851. The highest BCUT2D eigenvalue weighted by Gasteiger charge is 2.40. The van der Waals surface area contributed by atoms with Crippen LogP contribution < -0.4 is 16.4 Å². The number of hydrogen-bond donors (Lipinski definition) is 3. The number of nitrogens with zero attached hydrogens (tertiary/aromatic N) is 2. The summed E-state index contributed by atoms with van der Waals surface area (Å²) >= 11 is 0. The molecule has 3 aromatic rings. The van der Waals surface area contributed by atoms with E-state index in [0.717, 1.165) is 40.3 Å². The smallest absolute Gasteiger partial charge is 0.246 e. The van der Waals surface area contributed by atoms with Crippen molar-refractivity contribution >= 4 is 28.5 Å². The van der Waals surface area contributed by atoms with Gasteiger partial charge in [-0.3, -0.25) is 14.4 Å². The Hall–Kier alpha value is -4.01. The summed E-state index contributed by atoms with van der Waals surface area (Å²) in [5.74, 6) is -0.772. The lowest BCUT2D eigenvalue weighted by Crippen LogP contribution is -2.63. The third kappa shape index (κ3) is 10.7. The van der Waals surface area contributed by atoms with E-state index in [4.69, 9.17) is 5.73 Å². The second-order valence-electron chi connectivity index (χ2n) is 16.2. The quantitative estimate of drug-likeness (QED) is 0.213. The number of hydrogen-bond acceptors (Lipinski definition) is 5. The largest absolute Gasteiger partial charge is 0.351 e. The molecule has 264 valence electrons. The van der Waals surface area contributed by atoms with Gasteiger partial charge in [0.05, 0.1) is 0 Å². The molecule has 1 fully saturated rings. The molecule has 1 saturated heterocycles. The first-order valence-electron chi connectivity index (χ1n) is 17.4. The molecule has 4 N–H and O–H groups in total. The fraction of sp³-hybridized carbons (Fsp3) is 0.488. The van der Waals surface area contributed by atoms with Crippen molar-refractivity contribution < 1.29 is 14.4 Å². The van der Waals surface area contributed by atoms with E-state index in [-0.39, 0.29) is 34.8 Å². The summed E-state index contributed by atoms with van der Waals surface area (Å²) in [6.07, 6.45) is 4.29. The molecule has 1 aliphatic rings. The second-order valence-corrected chi connectivity index (χ2v) is 16.2. The van der Waals surface area contributed by atoms with Gasteiger partial charge in [0.2, 0.25) is 17.7 Å². The van der Waals surface area contributed by atoms with E-state index in [1.54, 1.807) is 25.1 Å². The van der Waals surface area contributed by atoms with E-state index in [1.807, 2.05) is 81.4 Å². The van der Waals surface area contributed by atoms with Crippen LogP contribution in [0.25, 0.3) is 10.8 Å². The average Bonchev–Trinajstić information content (AvgIpc) is 2.99. The number of nitrogens with two attached hydrogens (primary N) is 1. The number of fused-ring (bicyclic) bond motifs is 1. The maximum atomic E-state index is 14.7. The molecule has 0 aliphatic carbocycles. The van der Waals surface area contributed by atoms with Gasteiger partial charge < -0.3 is 26.2 Å². The van der Waals surface area contributed by atoms with Gasteiger partial charge in [0.1, 0.15) is 12.1 Å². The summed E-state index contributed by atoms with van der Waals surface area (Å²) in [4.78, 5) is 45.8. The Kier molecular flexibility index (Phi) is 11.8. The van der Waals surface area contributed by atoms with Crippen LogP contribution in [0.1, 0.15) is 78.9 Å². The third-order valence-corrected chi connectivity index (χ3v) is 9.37. The number of carbonyl (C=O) groups excluding carboxylic acids is 3. The Balaban J connectivity index is 1.68. The Bertz CT molecular complexity index is 1640. The molecule has 2 atom stereocenters. The SMILES string of the molecule is C/C(=C\C(=O)N(C)C(Cc1ccc2ccccc2c1)C(=O)N(C)C(Cc1ccccc1)C(=O)NC1CC(C)(C)NC(C)(C)C1)CC(C)(C)N. The molecule has 1 heterocycles.